The van der Waals surface area contributed by atoms with E-state index in [9.17, 15) is 26.7 Å². The second-order valence-electron chi connectivity index (χ2n) is 6.99. The van der Waals surface area contributed by atoms with E-state index in [1.165, 1.54) is 18.3 Å². The quantitative estimate of drug-likeness (QED) is 0.878. The first-order chi connectivity index (χ1) is 11.9. The van der Waals surface area contributed by atoms with Gasteiger partial charge < -0.3 is 5.11 Å². The van der Waals surface area contributed by atoms with Crippen molar-refractivity contribution in [2.24, 2.45) is 5.92 Å². The van der Waals surface area contributed by atoms with Crippen LogP contribution in [0.25, 0.3) is 0 Å². The standard InChI is InChI=1S/C18H20F3NO3S/c1-12-3-7-15(8-4-12)26(24,25)22-10-9-13-5-6-14(11-16(13)22)17(2,23)18(19,20)21/h3-4,7-10,14,23H,5-6,11H2,1-2H3. The minimum absolute atomic E-state index is 0.0752. The van der Waals surface area contributed by atoms with E-state index in [4.69, 9.17) is 0 Å². The molecule has 0 aliphatic heterocycles. The summed E-state index contributed by atoms with van der Waals surface area (Å²) in [6.07, 6.45) is -3.11. The normalized spacial score (nSPS) is 20.5. The SMILES string of the molecule is Cc1ccc(S(=O)(=O)n2ccc3c2CC(C(C)(O)C(F)(F)F)CC3)cc1. The predicted octanol–water partition coefficient (Wildman–Crippen LogP) is 3.45. The van der Waals surface area contributed by atoms with E-state index < -0.39 is 27.7 Å². The van der Waals surface area contributed by atoms with Crippen LogP contribution in [-0.4, -0.2) is 29.3 Å². The Labute approximate surface area is 150 Å². The van der Waals surface area contributed by atoms with Gasteiger partial charge in [-0.2, -0.15) is 13.2 Å². The van der Waals surface area contributed by atoms with Gasteiger partial charge in [0.05, 0.1) is 4.90 Å². The van der Waals surface area contributed by atoms with Gasteiger partial charge in [-0.1, -0.05) is 17.7 Å². The Morgan fingerprint density at radius 1 is 1.15 bits per heavy atom. The fraction of sp³-hybridized carbons (Fsp3) is 0.444. The van der Waals surface area contributed by atoms with E-state index >= 15 is 0 Å². The molecule has 0 amide bonds. The summed E-state index contributed by atoms with van der Waals surface area (Å²) in [4.78, 5) is 0.0752. The molecule has 0 saturated heterocycles. The third-order valence-corrected chi connectivity index (χ3v) is 6.92. The second kappa shape index (κ2) is 6.13. The molecular weight excluding hydrogens is 367 g/mol. The lowest BCUT2D eigenvalue weighted by molar-refractivity contribution is -0.273. The van der Waals surface area contributed by atoms with Gasteiger partial charge in [0.15, 0.2) is 5.60 Å². The van der Waals surface area contributed by atoms with Crippen molar-refractivity contribution in [3.8, 4) is 0 Å². The van der Waals surface area contributed by atoms with Crippen LogP contribution in [0.2, 0.25) is 0 Å². The molecule has 1 aliphatic carbocycles. The highest BCUT2D eigenvalue weighted by molar-refractivity contribution is 7.90. The zero-order chi connectivity index (χ0) is 19.3. The lowest BCUT2D eigenvalue weighted by atomic mass is 9.77. The smallest absolute Gasteiger partial charge is 0.380 e. The zero-order valence-corrected chi connectivity index (χ0v) is 15.2. The predicted molar refractivity (Wildman–Crippen MR) is 90.4 cm³/mol. The van der Waals surface area contributed by atoms with Crippen LogP contribution < -0.4 is 0 Å². The number of aliphatic hydroxyl groups is 1. The van der Waals surface area contributed by atoms with Gasteiger partial charge >= 0.3 is 6.18 Å². The van der Waals surface area contributed by atoms with E-state index in [0.29, 0.717) is 17.7 Å². The summed E-state index contributed by atoms with van der Waals surface area (Å²) < 4.78 is 66.4. The first kappa shape index (κ1) is 19.0. The van der Waals surface area contributed by atoms with Crippen molar-refractivity contribution < 1.29 is 26.7 Å². The van der Waals surface area contributed by atoms with Crippen molar-refractivity contribution in [1.82, 2.24) is 3.97 Å². The van der Waals surface area contributed by atoms with Gasteiger partial charge in [0.1, 0.15) is 0 Å². The molecule has 2 aromatic rings. The number of halogens is 3. The largest absolute Gasteiger partial charge is 0.417 e. The summed E-state index contributed by atoms with van der Waals surface area (Å²) >= 11 is 0. The number of rotatable bonds is 3. The Balaban J connectivity index is 2.00. The molecule has 1 aliphatic rings. The molecule has 0 radical (unpaired) electrons. The minimum Gasteiger partial charge on any atom is -0.380 e. The van der Waals surface area contributed by atoms with Crippen LogP contribution >= 0.6 is 0 Å². The van der Waals surface area contributed by atoms with Gasteiger partial charge in [-0.15, -0.1) is 0 Å². The summed E-state index contributed by atoms with van der Waals surface area (Å²) in [6, 6.07) is 7.91. The Morgan fingerprint density at radius 3 is 2.35 bits per heavy atom. The van der Waals surface area contributed by atoms with Crippen LogP contribution in [0.1, 0.15) is 30.2 Å². The van der Waals surface area contributed by atoms with Gasteiger partial charge in [-0.25, -0.2) is 12.4 Å². The molecule has 1 aromatic heterocycles. The van der Waals surface area contributed by atoms with Crippen molar-refractivity contribution in [3.63, 3.8) is 0 Å². The molecule has 0 saturated carbocycles. The lowest BCUT2D eigenvalue weighted by Crippen LogP contribution is -2.50. The Hall–Kier alpha value is -1.80. The molecule has 1 aromatic carbocycles. The average molecular weight is 387 g/mol. The maximum atomic E-state index is 13.2. The zero-order valence-electron chi connectivity index (χ0n) is 14.4. The van der Waals surface area contributed by atoms with Crippen LogP contribution in [0.4, 0.5) is 13.2 Å². The Morgan fingerprint density at radius 2 is 1.77 bits per heavy atom. The highest BCUT2D eigenvalue weighted by atomic mass is 32.2. The number of nitrogens with zero attached hydrogens (tertiary/aromatic N) is 1. The number of aryl methyl sites for hydroxylation is 2. The average Bonchev–Trinajstić information content (AvgIpc) is 2.98. The Bertz CT molecular complexity index is 912. The number of fused-ring (bicyclic) bond motifs is 1. The van der Waals surface area contributed by atoms with E-state index in [2.05, 4.69) is 0 Å². The lowest BCUT2D eigenvalue weighted by Gasteiger charge is -2.37. The van der Waals surface area contributed by atoms with Gasteiger partial charge in [0.25, 0.3) is 10.0 Å². The molecule has 142 valence electrons. The van der Waals surface area contributed by atoms with Crippen LogP contribution in [-0.2, 0) is 22.9 Å². The first-order valence-electron chi connectivity index (χ1n) is 8.25. The Kier molecular flexibility index (Phi) is 4.47. The summed E-state index contributed by atoms with van der Waals surface area (Å²) in [7, 11) is -3.90. The fourth-order valence-corrected chi connectivity index (χ4v) is 4.77. The summed E-state index contributed by atoms with van der Waals surface area (Å²) in [5.41, 5.74) is -0.950. The summed E-state index contributed by atoms with van der Waals surface area (Å²) in [5, 5.41) is 10.00. The van der Waals surface area contributed by atoms with Gasteiger partial charge in [0.2, 0.25) is 0 Å². The molecule has 2 unspecified atom stereocenters. The molecule has 1 N–H and O–H groups in total. The number of benzene rings is 1. The fourth-order valence-electron chi connectivity index (χ4n) is 3.36. The first-order valence-corrected chi connectivity index (χ1v) is 9.69. The highest BCUT2D eigenvalue weighted by Crippen LogP contribution is 2.42. The number of hydrogen-bond donors (Lipinski definition) is 1. The van der Waals surface area contributed by atoms with Gasteiger partial charge in [-0.05, 0) is 56.9 Å². The molecule has 0 bridgehead atoms. The van der Waals surface area contributed by atoms with Crippen molar-refractivity contribution in [3.05, 3.63) is 53.3 Å². The number of alkyl halides is 3. The summed E-state index contributed by atoms with van der Waals surface area (Å²) in [6.45, 7) is 2.59. The van der Waals surface area contributed by atoms with Gasteiger partial charge in [0, 0.05) is 17.8 Å². The van der Waals surface area contributed by atoms with Gasteiger partial charge in [-0.3, -0.25) is 0 Å². The molecule has 8 heteroatoms. The van der Waals surface area contributed by atoms with E-state index in [-0.39, 0.29) is 17.7 Å². The molecule has 2 atom stereocenters. The second-order valence-corrected chi connectivity index (χ2v) is 8.80. The van der Waals surface area contributed by atoms with Crippen molar-refractivity contribution in [2.75, 3.05) is 0 Å². The van der Waals surface area contributed by atoms with Crippen LogP contribution in [0.3, 0.4) is 0 Å². The third kappa shape index (κ3) is 3.05. The van der Waals surface area contributed by atoms with Crippen LogP contribution in [0.5, 0.6) is 0 Å². The van der Waals surface area contributed by atoms with Crippen molar-refractivity contribution >= 4 is 10.0 Å². The topological polar surface area (TPSA) is 59.3 Å². The maximum Gasteiger partial charge on any atom is 0.417 e. The van der Waals surface area contributed by atoms with Crippen LogP contribution in [0.15, 0.2) is 41.4 Å². The van der Waals surface area contributed by atoms with Crippen LogP contribution in [0, 0.1) is 12.8 Å². The number of hydrogen-bond acceptors (Lipinski definition) is 3. The molecule has 4 nitrogen and oxygen atoms in total. The van der Waals surface area contributed by atoms with E-state index in [1.54, 1.807) is 18.2 Å². The van der Waals surface area contributed by atoms with E-state index in [1.807, 2.05) is 6.92 Å². The molecular formula is C18H20F3NO3S. The highest BCUT2D eigenvalue weighted by Gasteiger charge is 2.55. The molecule has 26 heavy (non-hydrogen) atoms. The van der Waals surface area contributed by atoms with E-state index in [0.717, 1.165) is 16.5 Å². The molecule has 0 fully saturated rings. The molecule has 0 spiro atoms. The van der Waals surface area contributed by atoms with Crippen molar-refractivity contribution in [1.29, 1.82) is 0 Å². The van der Waals surface area contributed by atoms with Crippen molar-refractivity contribution in [2.45, 2.75) is 49.8 Å². The molecule has 3 rings (SSSR count). The molecule has 1 heterocycles. The number of aromatic nitrogens is 1. The monoisotopic (exact) mass is 387 g/mol. The summed E-state index contributed by atoms with van der Waals surface area (Å²) in [5.74, 6) is -1.10. The minimum atomic E-state index is -4.78. The maximum absolute atomic E-state index is 13.2. The third-order valence-electron chi connectivity index (χ3n) is 5.20.